The summed E-state index contributed by atoms with van der Waals surface area (Å²) in [4.78, 5) is 81.0. The molecule has 1 aromatic heterocycles. The summed E-state index contributed by atoms with van der Waals surface area (Å²) in [5, 5.41) is 2.89. The third-order valence-electron chi connectivity index (χ3n) is 13.4. The predicted octanol–water partition coefficient (Wildman–Crippen LogP) is 5.09. The average molecular weight is 899 g/mol. The van der Waals surface area contributed by atoms with Crippen molar-refractivity contribution in [2.24, 2.45) is 23.2 Å². The topological polar surface area (TPSA) is 185 Å². The Hall–Kier alpha value is -5.51. The van der Waals surface area contributed by atoms with E-state index in [1.807, 2.05) is 83.1 Å². The average Bonchev–Trinajstić information content (AvgIpc) is 4.22. The number of nitrogens with zero attached hydrogens (tertiary/aromatic N) is 4. The Morgan fingerprint density at radius 2 is 1.73 bits per heavy atom. The number of methoxy groups -OCH3 is 1. The first-order valence-corrected chi connectivity index (χ1v) is 24.1. The fourth-order valence-corrected chi connectivity index (χ4v) is 10.6. The Kier molecular flexibility index (Phi) is 13.5. The van der Waals surface area contributed by atoms with E-state index < -0.39 is 67.9 Å². The SMILES string of the molecule is C=CC1C[C@]1(NC(=O)[C@@H]1C[C@@H](Oc2cc(-c3ccccc3)nc3cc(OC)ccc23)CN1C(=O)[C@@H](CC(=O)N1CCCC(C(=O)N(CC)CC)C1)C(C)(C)C)C(=O)NS(=O)(=O)C1CC1. The Balaban J connectivity index is 1.20. The standard InChI is InChI=1S/C48H62N6O9S/c1-8-32-27-48(32,46(59)51-64(60,61)35-19-20-35)50-43(56)40-24-34(63-41-26-38(30-15-12-11-13-16-30)49-39-23-33(62-7)18-21-36(39)41)29-54(40)45(58)37(47(4,5)6)25-42(55)53-22-14-17-31(28-53)44(57)52(9-2)10-3/h8,11-13,15-16,18,21,23,26,31-32,34-35,37,40H,1,9-10,14,17,19-20,22,24-25,27-29H2,2-7H3,(H,50,56)(H,51,59)/t31?,32?,34-,37-,40+,48-/m1/s1. The lowest BCUT2D eigenvalue weighted by Crippen LogP contribution is -2.57. The second kappa shape index (κ2) is 18.5. The van der Waals surface area contributed by atoms with Crippen LogP contribution >= 0.6 is 0 Å². The van der Waals surface area contributed by atoms with Gasteiger partial charge < -0.3 is 29.5 Å². The molecular weight excluding hydrogens is 837 g/mol. The number of hydrogen-bond acceptors (Lipinski definition) is 10. The molecule has 2 saturated carbocycles. The number of amides is 5. The molecule has 4 fully saturated rings. The molecule has 3 aromatic rings. The van der Waals surface area contributed by atoms with Gasteiger partial charge in [0.2, 0.25) is 33.7 Å². The van der Waals surface area contributed by atoms with Crippen LogP contribution in [0.1, 0.15) is 79.6 Å². The quantitative estimate of drug-likeness (QED) is 0.184. The molecule has 2 aliphatic heterocycles. The number of sulfonamides is 1. The van der Waals surface area contributed by atoms with Gasteiger partial charge in [-0.25, -0.2) is 13.4 Å². The minimum Gasteiger partial charge on any atom is -0.497 e. The number of pyridine rings is 1. The zero-order chi connectivity index (χ0) is 46.1. The largest absolute Gasteiger partial charge is 0.497 e. The van der Waals surface area contributed by atoms with Crippen molar-refractivity contribution in [3.05, 3.63) is 67.3 Å². The van der Waals surface area contributed by atoms with E-state index in [1.54, 1.807) is 23.0 Å². The highest BCUT2D eigenvalue weighted by atomic mass is 32.2. The number of hydrogen-bond donors (Lipinski definition) is 2. The van der Waals surface area contributed by atoms with Crippen LogP contribution in [0.4, 0.5) is 0 Å². The molecule has 15 nitrogen and oxygen atoms in total. The summed E-state index contributed by atoms with van der Waals surface area (Å²) >= 11 is 0. The van der Waals surface area contributed by atoms with E-state index in [9.17, 15) is 27.6 Å². The third-order valence-corrected chi connectivity index (χ3v) is 15.2. The van der Waals surface area contributed by atoms with E-state index in [1.165, 1.54) is 11.0 Å². The number of aromatic nitrogens is 1. The van der Waals surface area contributed by atoms with Crippen molar-refractivity contribution in [3.8, 4) is 22.8 Å². The zero-order valence-corrected chi connectivity index (χ0v) is 38.6. The monoisotopic (exact) mass is 898 g/mol. The first kappa shape index (κ1) is 46.5. The van der Waals surface area contributed by atoms with Crippen LogP contribution in [0.3, 0.4) is 0 Å². The number of fused-ring (bicyclic) bond motifs is 1. The number of nitrogens with one attached hydrogen (secondary N) is 2. The van der Waals surface area contributed by atoms with Crippen LogP contribution in [0.5, 0.6) is 11.5 Å². The summed E-state index contributed by atoms with van der Waals surface area (Å²) < 4.78 is 40.3. The number of carbonyl (C=O) groups is 5. The van der Waals surface area contributed by atoms with Crippen LogP contribution in [0.2, 0.25) is 0 Å². The van der Waals surface area contributed by atoms with Crippen molar-refractivity contribution in [2.75, 3.05) is 39.8 Å². The van der Waals surface area contributed by atoms with Gasteiger partial charge in [0.25, 0.3) is 5.91 Å². The molecule has 2 N–H and O–H groups in total. The molecular formula is C48H62N6O9S. The molecule has 0 radical (unpaired) electrons. The molecule has 16 heteroatoms. The first-order valence-electron chi connectivity index (χ1n) is 22.5. The Bertz CT molecular complexity index is 2400. The molecule has 2 saturated heterocycles. The highest BCUT2D eigenvalue weighted by Crippen LogP contribution is 2.46. The Morgan fingerprint density at radius 3 is 2.36 bits per heavy atom. The third kappa shape index (κ3) is 9.76. The van der Waals surface area contributed by atoms with Crippen molar-refractivity contribution in [1.29, 1.82) is 0 Å². The van der Waals surface area contributed by atoms with Gasteiger partial charge in [0.05, 0.1) is 42.0 Å². The lowest BCUT2D eigenvalue weighted by atomic mass is 9.77. The van der Waals surface area contributed by atoms with Crippen LogP contribution in [0.15, 0.2) is 67.3 Å². The molecule has 64 heavy (non-hydrogen) atoms. The van der Waals surface area contributed by atoms with Gasteiger partial charge in [-0.3, -0.25) is 28.7 Å². The Labute approximate surface area is 376 Å². The number of ether oxygens (including phenoxy) is 2. The van der Waals surface area contributed by atoms with Crippen molar-refractivity contribution in [2.45, 2.75) is 102 Å². The number of piperidine rings is 1. The van der Waals surface area contributed by atoms with E-state index >= 15 is 4.79 Å². The smallest absolute Gasteiger partial charge is 0.259 e. The van der Waals surface area contributed by atoms with E-state index in [-0.39, 0.29) is 50.1 Å². The highest BCUT2D eigenvalue weighted by molar-refractivity contribution is 7.91. The van der Waals surface area contributed by atoms with Crippen molar-refractivity contribution in [1.82, 2.24) is 29.7 Å². The maximum Gasteiger partial charge on any atom is 0.259 e. The molecule has 3 heterocycles. The number of benzene rings is 2. The van der Waals surface area contributed by atoms with E-state index in [0.717, 1.165) is 5.56 Å². The van der Waals surface area contributed by atoms with Gasteiger partial charge in [-0.1, -0.05) is 57.2 Å². The van der Waals surface area contributed by atoms with Gasteiger partial charge in [-0.2, -0.15) is 0 Å². The summed E-state index contributed by atoms with van der Waals surface area (Å²) in [5.74, 6) is -2.82. The second-order valence-electron chi connectivity index (χ2n) is 18.7. The van der Waals surface area contributed by atoms with Crippen molar-refractivity contribution < 1.29 is 41.9 Å². The summed E-state index contributed by atoms with van der Waals surface area (Å²) in [7, 11) is -2.36. The normalized spacial score (nSPS) is 23.8. The molecule has 7 rings (SSSR count). The molecule has 344 valence electrons. The molecule has 2 unspecified atom stereocenters. The summed E-state index contributed by atoms with van der Waals surface area (Å²) in [6, 6.07) is 15.7. The highest BCUT2D eigenvalue weighted by Gasteiger charge is 2.62. The first-order chi connectivity index (χ1) is 30.4. The predicted molar refractivity (Wildman–Crippen MR) is 242 cm³/mol. The van der Waals surface area contributed by atoms with Crippen LogP contribution in [-0.2, 0) is 34.0 Å². The molecule has 2 aliphatic carbocycles. The van der Waals surface area contributed by atoms with Crippen LogP contribution in [-0.4, -0.2) is 120 Å². The second-order valence-corrected chi connectivity index (χ2v) is 20.7. The zero-order valence-electron chi connectivity index (χ0n) is 37.8. The summed E-state index contributed by atoms with van der Waals surface area (Å²) in [5.41, 5.74) is -0.223. The lowest BCUT2D eigenvalue weighted by molar-refractivity contribution is -0.149. The van der Waals surface area contributed by atoms with Crippen molar-refractivity contribution >= 4 is 50.5 Å². The molecule has 0 bridgehead atoms. The molecule has 0 spiro atoms. The maximum atomic E-state index is 15.2. The minimum absolute atomic E-state index is 0.0193. The molecule has 4 aliphatic rings. The molecule has 5 amide bonds. The van der Waals surface area contributed by atoms with Crippen LogP contribution < -0.4 is 19.5 Å². The van der Waals surface area contributed by atoms with Gasteiger partial charge >= 0.3 is 0 Å². The lowest BCUT2D eigenvalue weighted by Gasteiger charge is -2.38. The minimum atomic E-state index is -3.93. The summed E-state index contributed by atoms with van der Waals surface area (Å²) in [6.45, 7) is 15.2. The molecule has 6 atom stereocenters. The van der Waals surface area contributed by atoms with Crippen LogP contribution in [0, 0.1) is 23.2 Å². The van der Waals surface area contributed by atoms with E-state index in [0.29, 0.717) is 73.4 Å². The number of likely N-dealkylation sites (tertiary alicyclic amines) is 2. The van der Waals surface area contributed by atoms with Crippen molar-refractivity contribution in [3.63, 3.8) is 0 Å². The maximum absolute atomic E-state index is 15.2. The van der Waals surface area contributed by atoms with Gasteiger partial charge in [-0.15, -0.1) is 6.58 Å². The molecule has 2 aromatic carbocycles. The van der Waals surface area contributed by atoms with Gasteiger partial charge in [0.1, 0.15) is 29.2 Å². The van der Waals surface area contributed by atoms with Gasteiger partial charge in [0, 0.05) is 68.0 Å². The van der Waals surface area contributed by atoms with Crippen LogP contribution in [0.25, 0.3) is 22.2 Å². The van der Waals surface area contributed by atoms with Gasteiger partial charge in [-0.05, 0) is 63.5 Å². The Morgan fingerprint density at radius 1 is 1.02 bits per heavy atom. The fourth-order valence-electron chi connectivity index (χ4n) is 9.20. The van der Waals surface area contributed by atoms with E-state index in [4.69, 9.17) is 14.5 Å². The fraction of sp³-hybridized carbons (Fsp3) is 0.542. The number of rotatable bonds is 16. The number of carbonyl (C=O) groups excluding carboxylic acids is 5. The van der Waals surface area contributed by atoms with Gasteiger partial charge in [0.15, 0.2) is 0 Å². The summed E-state index contributed by atoms with van der Waals surface area (Å²) in [6.07, 6.45) is 3.05. The van der Waals surface area contributed by atoms with E-state index in [2.05, 4.69) is 16.6 Å².